The minimum Gasteiger partial charge on any atom is -0.464 e. The quantitative estimate of drug-likeness (QED) is 0.578. The van der Waals surface area contributed by atoms with Gasteiger partial charge in [-0.15, -0.1) is 0 Å². The summed E-state index contributed by atoms with van der Waals surface area (Å²) in [7, 11) is 1.93. The van der Waals surface area contributed by atoms with Crippen LogP contribution in [0.1, 0.15) is 5.69 Å². The molecule has 0 aliphatic carbocycles. The fourth-order valence-corrected chi connectivity index (χ4v) is 2.58. The van der Waals surface area contributed by atoms with Gasteiger partial charge in [-0.05, 0) is 49.4 Å². The Labute approximate surface area is 133 Å². The standard InChI is InChI=1S/C18H16N4O/c1-13-16(12-19-21(13)2)17-9-10-22(20-17)15-7-5-14(6-8-15)18-4-3-11-23-18/h3-12H,1-2H3. The summed E-state index contributed by atoms with van der Waals surface area (Å²) >= 11 is 0. The van der Waals surface area contributed by atoms with Gasteiger partial charge in [0.2, 0.25) is 0 Å². The number of aryl methyl sites for hydroxylation is 1. The zero-order chi connectivity index (χ0) is 15.8. The predicted octanol–water partition coefficient (Wildman–Crippen LogP) is 3.84. The molecule has 0 N–H and O–H groups in total. The summed E-state index contributed by atoms with van der Waals surface area (Å²) in [4.78, 5) is 0. The highest BCUT2D eigenvalue weighted by Crippen LogP contribution is 2.24. The van der Waals surface area contributed by atoms with Crippen molar-refractivity contribution in [2.24, 2.45) is 7.05 Å². The second-order valence-electron chi connectivity index (χ2n) is 5.44. The Bertz CT molecular complexity index is 930. The van der Waals surface area contributed by atoms with Crippen LogP contribution in [0.2, 0.25) is 0 Å². The molecule has 0 fully saturated rings. The molecule has 0 unspecified atom stereocenters. The Morgan fingerprint density at radius 3 is 2.52 bits per heavy atom. The van der Waals surface area contributed by atoms with E-state index in [9.17, 15) is 0 Å². The van der Waals surface area contributed by atoms with E-state index in [1.54, 1.807) is 6.26 Å². The van der Waals surface area contributed by atoms with E-state index in [-0.39, 0.29) is 0 Å². The first-order valence-electron chi connectivity index (χ1n) is 7.41. The maximum Gasteiger partial charge on any atom is 0.133 e. The van der Waals surface area contributed by atoms with Crippen molar-refractivity contribution >= 4 is 0 Å². The molecule has 5 nitrogen and oxygen atoms in total. The van der Waals surface area contributed by atoms with Gasteiger partial charge in [-0.3, -0.25) is 4.68 Å². The third-order valence-electron chi connectivity index (χ3n) is 4.04. The highest BCUT2D eigenvalue weighted by Gasteiger charge is 2.10. The van der Waals surface area contributed by atoms with Crippen molar-refractivity contribution in [3.05, 3.63) is 66.8 Å². The van der Waals surface area contributed by atoms with Crippen LogP contribution in [0.3, 0.4) is 0 Å². The van der Waals surface area contributed by atoms with Crippen LogP contribution in [-0.2, 0) is 7.05 Å². The van der Waals surface area contributed by atoms with E-state index in [4.69, 9.17) is 4.42 Å². The first-order chi connectivity index (χ1) is 11.2. The first kappa shape index (κ1) is 13.6. The SMILES string of the molecule is Cc1c(-c2ccn(-c3ccc(-c4ccco4)cc3)n2)cnn1C. The van der Waals surface area contributed by atoms with Gasteiger partial charge >= 0.3 is 0 Å². The normalized spacial score (nSPS) is 11.0. The molecule has 0 saturated heterocycles. The van der Waals surface area contributed by atoms with Crippen molar-refractivity contribution in [3.63, 3.8) is 0 Å². The van der Waals surface area contributed by atoms with Gasteiger partial charge in [-0.2, -0.15) is 10.2 Å². The minimum absolute atomic E-state index is 0.865. The summed E-state index contributed by atoms with van der Waals surface area (Å²) in [5, 5.41) is 8.93. The molecule has 0 amide bonds. The van der Waals surface area contributed by atoms with E-state index in [2.05, 4.69) is 10.2 Å². The maximum absolute atomic E-state index is 5.41. The van der Waals surface area contributed by atoms with E-state index in [0.717, 1.165) is 34.0 Å². The first-order valence-corrected chi connectivity index (χ1v) is 7.41. The molecule has 5 heteroatoms. The number of hydrogen-bond donors (Lipinski definition) is 0. The molecule has 0 aliphatic rings. The molecule has 0 bridgehead atoms. The van der Waals surface area contributed by atoms with Gasteiger partial charge in [0, 0.05) is 30.1 Å². The highest BCUT2D eigenvalue weighted by molar-refractivity contribution is 5.62. The van der Waals surface area contributed by atoms with Crippen LogP contribution < -0.4 is 0 Å². The molecule has 0 saturated carbocycles. The van der Waals surface area contributed by atoms with Crippen LogP contribution >= 0.6 is 0 Å². The molecular formula is C18H16N4O. The van der Waals surface area contributed by atoms with Gasteiger partial charge in [-0.1, -0.05) is 0 Å². The Hall–Kier alpha value is -3.08. The average molecular weight is 304 g/mol. The van der Waals surface area contributed by atoms with Crippen LogP contribution in [0, 0.1) is 6.92 Å². The van der Waals surface area contributed by atoms with Crippen molar-refractivity contribution < 1.29 is 4.42 Å². The topological polar surface area (TPSA) is 48.8 Å². The third-order valence-corrected chi connectivity index (χ3v) is 4.04. The van der Waals surface area contributed by atoms with E-state index in [0.29, 0.717) is 0 Å². The van der Waals surface area contributed by atoms with Gasteiger partial charge in [0.1, 0.15) is 5.76 Å². The molecule has 3 heterocycles. The summed E-state index contributed by atoms with van der Waals surface area (Å²) in [5.74, 6) is 0.865. The molecule has 114 valence electrons. The second kappa shape index (κ2) is 5.28. The zero-order valence-electron chi connectivity index (χ0n) is 13.0. The smallest absolute Gasteiger partial charge is 0.133 e. The predicted molar refractivity (Wildman–Crippen MR) is 88.2 cm³/mol. The molecule has 0 atom stereocenters. The van der Waals surface area contributed by atoms with Gasteiger partial charge in [-0.25, -0.2) is 4.68 Å². The number of rotatable bonds is 3. The largest absolute Gasteiger partial charge is 0.464 e. The van der Waals surface area contributed by atoms with Gasteiger partial charge < -0.3 is 4.42 Å². The summed E-state index contributed by atoms with van der Waals surface area (Å²) in [6.45, 7) is 2.04. The lowest BCUT2D eigenvalue weighted by Gasteiger charge is -2.03. The molecule has 3 aromatic heterocycles. The lowest BCUT2D eigenvalue weighted by molar-refractivity contribution is 0.582. The Morgan fingerprint density at radius 2 is 1.87 bits per heavy atom. The van der Waals surface area contributed by atoms with E-state index >= 15 is 0 Å². The molecule has 4 rings (SSSR count). The Balaban J connectivity index is 1.65. The van der Waals surface area contributed by atoms with Crippen molar-refractivity contribution in [1.29, 1.82) is 0 Å². The summed E-state index contributed by atoms with van der Waals surface area (Å²) in [6, 6.07) is 14.0. The molecule has 0 spiro atoms. The number of furan rings is 1. The summed E-state index contributed by atoms with van der Waals surface area (Å²) in [6.07, 6.45) is 5.49. The maximum atomic E-state index is 5.41. The monoisotopic (exact) mass is 304 g/mol. The average Bonchev–Trinajstić information content (AvgIpc) is 3.31. The van der Waals surface area contributed by atoms with Crippen LogP contribution in [0.15, 0.2) is 65.5 Å². The highest BCUT2D eigenvalue weighted by atomic mass is 16.3. The molecule has 23 heavy (non-hydrogen) atoms. The second-order valence-corrected chi connectivity index (χ2v) is 5.44. The van der Waals surface area contributed by atoms with Gasteiger partial charge in [0.05, 0.1) is 23.8 Å². The van der Waals surface area contributed by atoms with E-state index in [1.807, 2.05) is 78.2 Å². The number of hydrogen-bond acceptors (Lipinski definition) is 3. The number of benzene rings is 1. The molecule has 4 aromatic rings. The lowest BCUT2D eigenvalue weighted by Crippen LogP contribution is -1.95. The number of aromatic nitrogens is 4. The molecule has 0 radical (unpaired) electrons. The number of nitrogens with zero attached hydrogens (tertiary/aromatic N) is 4. The van der Waals surface area contributed by atoms with Gasteiger partial charge in [0.25, 0.3) is 0 Å². The van der Waals surface area contributed by atoms with Crippen LogP contribution in [0.4, 0.5) is 0 Å². The summed E-state index contributed by atoms with van der Waals surface area (Å²) < 4.78 is 9.13. The fourth-order valence-electron chi connectivity index (χ4n) is 2.58. The Kier molecular flexibility index (Phi) is 3.12. The minimum atomic E-state index is 0.865. The van der Waals surface area contributed by atoms with Crippen LogP contribution in [0.5, 0.6) is 0 Å². The van der Waals surface area contributed by atoms with E-state index in [1.165, 1.54) is 0 Å². The van der Waals surface area contributed by atoms with Crippen molar-refractivity contribution in [2.75, 3.05) is 0 Å². The molecule has 0 aliphatic heterocycles. The van der Waals surface area contributed by atoms with E-state index < -0.39 is 0 Å². The Morgan fingerprint density at radius 1 is 1.04 bits per heavy atom. The van der Waals surface area contributed by atoms with Crippen molar-refractivity contribution in [3.8, 4) is 28.3 Å². The molecule has 1 aromatic carbocycles. The van der Waals surface area contributed by atoms with Crippen molar-refractivity contribution in [2.45, 2.75) is 6.92 Å². The van der Waals surface area contributed by atoms with Crippen molar-refractivity contribution in [1.82, 2.24) is 19.6 Å². The van der Waals surface area contributed by atoms with Crippen LogP contribution in [-0.4, -0.2) is 19.6 Å². The zero-order valence-corrected chi connectivity index (χ0v) is 13.0. The fraction of sp³-hybridized carbons (Fsp3) is 0.111. The van der Waals surface area contributed by atoms with Crippen LogP contribution in [0.25, 0.3) is 28.3 Å². The third kappa shape index (κ3) is 2.36. The summed E-state index contributed by atoms with van der Waals surface area (Å²) in [5.41, 5.74) is 5.13. The van der Waals surface area contributed by atoms with Gasteiger partial charge in [0.15, 0.2) is 0 Å². The molecular weight excluding hydrogens is 288 g/mol. The lowest BCUT2D eigenvalue weighted by atomic mass is 10.1.